The van der Waals surface area contributed by atoms with Crippen molar-refractivity contribution in [2.24, 2.45) is 0 Å². The number of ether oxygens (including phenoxy) is 1. The minimum Gasteiger partial charge on any atom is -0.406 e. The molecule has 0 fully saturated rings. The third-order valence-corrected chi connectivity index (χ3v) is 4.68. The van der Waals surface area contributed by atoms with Crippen LogP contribution in [0.3, 0.4) is 0 Å². The summed E-state index contributed by atoms with van der Waals surface area (Å²) in [6.45, 7) is 0.560. The number of hydrogen-bond acceptors (Lipinski definition) is 3. The molecule has 2 heterocycles. The molecule has 0 aliphatic rings. The number of aromatic nitrogens is 2. The van der Waals surface area contributed by atoms with E-state index in [9.17, 15) is 31.4 Å². The monoisotopic (exact) mass is 458 g/mol. The van der Waals surface area contributed by atoms with Gasteiger partial charge in [-0.25, -0.2) is 0 Å². The average molecular weight is 459 g/mol. The van der Waals surface area contributed by atoms with Crippen LogP contribution in [0.1, 0.15) is 12.5 Å². The second-order valence-electron chi connectivity index (χ2n) is 6.14. The fraction of sp³-hybridized carbons (Fsp3) is 0.235. The smallest absolute Gasteiger partial charge is 0.406 e. The molecule has 0 saturated carbocycles. The Labute approximate surface area is 169 Å². The van der Waals surface area contributed by atoms with Crippen molar-refractivity contribution >= 4 is 34.2 Å². The molecule has 0 bridgehead atoms. The van der Waals surface area contributed by atoms with E-state index in [1.165, 1.54) is 18.3 Å². The molecule has 0 radical (unpaired) electrons. The maximum atomic E-state index is 13.4. The van der Waals surface area contributed by atoms with Crippen LogP contribution >= 0.6 is 23.2 Å². The lowest BCUT2D eigenvalue weighted by molar-refractivity contribution is -0.274. The molecule has 1 atom stereocenters. The van der Waals surface area contributed by atoms with Crippen LogP contribution < -0.4 is 4.74 Å². The van der Waals surface area contributed by atoms with Gasteiger partial charge in [0.25, 0.3) is 0 Å². The molecule has 1 unspecified atom stereocenters. The van der Waals surface area contributed by atoms with E-state index >= 15 is 0 Å². The standard InChI is InChI=1S/C17H10Cl2F6N2O2/c1-15(28,16(20,21)22)9-7-27(12-3-2-4-26-13(9)12)14-10(18)5-8(6-11(14)19)29-17(23,24)25/h2-7,28H,1H3. The number of fused-ring (bicyclic) bond motifs is 1. The highest BCUT2D eigenvalue weighted by Crippen LogP contribution is 2.44. The second-order valence-corrected chi connectivity index (χ2v) is 6.95. The van der Waals surface area contributed by atoms with Gasteiger partial charge in [-0.2, -0.15) is 13.2 Å². The molecule has 12 heteroatoms. The maximum Gasteiger partial charge on any atom is 0.573 e. The van der Waals surface area contributed by atoms with Crippen molar-refractivity contribution < 1.29 is 36.2 Å². The van der Waals surface area contributed by atoms with Gasteiger partial charge in [-0.3, -0.25) is 4.98 Å². The van der Waals surface area contributed by atoms with Gasteiger partial charge in [-0.1, -0.05) is 23.2 Å². The molecule has 4 nitrogen and oxygen atoms in total. The normalized spacial score (nSPS) is 14.8. The Balaban J connectivity index is 2.25. The average Bonchev–Trinajstić information content (AvgIpc) is 2.92. The van der Waals surface area contributed by atoms with E-state index in [4.69, 9.17) is 23.2 Å². The van der Waals surface area contributed by atoms with Gasteiger partial charge in [0.2, 0.25) is 0 Å². The van der Waals surface area contributed by atoms with Crippen LogP contribution in [-0.2, 0) is 5.60 Å². The lowest BCUT2D eigenvalue weighted by atomic mass is 9.97. The number of pyridine rings is 1. The Kier molecular flexibility index (Phi) is 5.17. The Hall–Kier alpha value is -2.17. The SMILES string of the molecule is CC(O)(c1cn(-c2c(Cl)cc(OC(F)(F)F)cc2Cl)c2cccnc12)C(F)(F)F. The predicted octanol–water partition coefficient (Wildman–Crippen LogP) is 6.00. The molecule has 1 N–H and O–H groups in total. The molecular weight excluding hydrogens is 449 g/mol. The van der Waals surface area contributed by atoms with Crippen molar-refractivity contribution in [1.29, 1.82) is 0 Å². The van der Waals surface area contributed by atoms with E-state index in [0.29, 0.717) is 6.92 Å². The molecule has 29 heavy (non-hydrogen) atoms. The summed E-state index contributed by atoms with van der Waals surface area (Å²) in [5.74, 6) is -0.701. The van der Waals surface area contributed by atoms with Crippen molar-refractivity contribution in [3.8, 4) is 11.4 Å². The van der Waals surface area contributed by atoms with Crippen LogP contribution in [0, 0.1) is 0 Å². The molecule has 0 spiro atoms. The molecule has 3 aromatic rings. The fourth-order valence-corrected chi connectivity index (χ4v) is 3.37. The number of aliphatic hydroxyl groups is 1. The molecule has 1 aromatic carbocycles. The third-order valence-electron chi connectivity index (χ3n) is 4.10. The second kappa shape index (κ2) is 6.96. The summed E-state index contributed by atoms with van der Waals surface area (Å²) in [5, 5.41) is 9.45. The number of benzene rings is 1. The first-order valence-electron chi connectivity index (χ1n) is 7.73. The fourth-order valence-electron chi connectivity index (χ4n) is 2.72. The number of hydrogen-bond donors (Lipinski definition) is 1. The summed E-state index contributed by atoms with van der Waals surface area (Å²) < 4.78 is 82.3. The van der Waals surface area contributed by atoms with Crippen LogP contribution in [0.5, 0.6) is 5.75 Å². The predicted molar refractivity (Wildman–Crippen MR) is 93.4 cm³/mol. The Bertz CT molecular complexity index is 1050. The zero-order chi connectivity index (χ0) is 21.8. The highest BCUT2D eigenvalue weighted by molar-refractivity contribution is 6.38. The topological polar surface area (TPSA) is 47.3 Å². The molecule has 156 valence electrons. The highest BCUT2D eigenvalue weighted by Gasteiger charge is 2.53. The maximum absolute atomic E-state index is 13.4. The summed E-state index contributed by atoms with van der Waals surface area (Å²) in [7, 11) is 0. The molecule has 0 aliphatic heterocycles. The van der Waals surface area contributed by atoms with Gasteiger partial charge >= 0.3 is 12.5 Å². The number of halogens is 8. The van der Waals surface area contributed by atoms with E-state index in [1.54, 1.807) is 0 Å². The van der Waals surface area contributed by atoms with Gasteiger partial charge < -0.3 is 14.4 Å². The van der Waals surface area contributed by atoms with Gasteiger partial charge in [0, 0.05) is 30.1 Å². The molecule has 2 aromatic heterocycles. The van der Waals surface area contributed by atoms with Crippen molar-refractivity contribution in [1.82, 2.24) is 9.55 Å². The van der Waals surface area contributed by atoms with Crippen molar-refractivity contribution in [3.05, 3.63) is 52.3 Å². The first kappa shape index (κ1) is 21.5. The van der Waals surface area contributed by atoms with E-state index in [-0.39, 0.29) is 26.8 Å². The quantitative estimate of drug-likeness (QED) is 0.489. The number of alkyl halides is 6. The van der Waals surface area contributed by atoms with Crippen LogP contribution in [-0.4, -0.2) is 27.2 Å². The lowest BCUT2D eigenvalue weighted by Crippen LogP contribution is -2.39. The highest BCUT2D eigenvalue weighted by atomic mass is 35.5. The molecular formula is C17H10Cl2F6N2O2. The van der Waals surface area contributed by atoms with E-state index in [0.717, 1.165) is 22.9 Å². The lowest BCUT2D eigenvalue weighted by Gasteiger charge is -2.25. The van der Waals surface area contributed by atoms with Crippen LogP contribution in [0.25, 0.3) is 16.7 Å². The third kappa shape index (κ3) is 3.96. The summed E-state index contributed by atoms with van der Waals surface area (Å²) in [4.78, 5) is 3.89. The Morgan fingerprint density at radius 3 is 2.17 bits per heavy atom. The Morgan fingerprint density at radius 1 is 1.07 bits per heavy atom. The first-order chi connectivity index (χ1) is 13.2. The molecule has 0 saturated heterocycles. The summed E-state index contributed by atoms with van der Waals surface area (Å²) in [6, 6.07) is 4.46. The summed E-state index contributed by atoms with van der Waals surface area (Å²) in [6.07, 6.45) is -7.85. The molecule has 3 rings (SSSR count). The van der Waals surface area contributed by atoms with E-state index in [2.05, 4.69) is 9.72 Å². The van der Waals surface area contributed by atoms with Crippen molar-refractivity contribution in [2.45, 2.75) is 25.1 Å². The van der Waals surface area contributed by atoms with E-state index < -0.39 is 29.5 Å². The first-order valence-corrected chi connectivity index (χ1v) is 8.49. The zero-order valence-corrected chi connectivity index (χ0v) is 15.7. The number of nitrogens with zero attached hydrogens (tertiary/aromatic N) is 2. The van der Waals surface area contributed by atoms with Crippen LogP contribution in [0.4, 0.5) is 26.3 Å². The minimum absolute atomic E-state index is 0.0975. The zero-order valence-electron chi connectivity index (χ0n) is 14.2. The van der Waals surface area contributed by atoms with Gasteiger partial charge in [-0.15, -0.1) is 13.2 Å². The van der Waals surface area contributed by atoms with E-state index in [1.807, 2.05) is 0 Å². The van der Waals surface area contributed by atoms with Gasteiger partial charge in [0.15, 0.2) is 5.60 Å². The summed E-state index contributed by atoms with van der Waals surface area (Å²) in [5.41, 5.74) is -4.03. The van der Waals surface area contributed by atoms with Crippen molar-refractivity contribution in [3.63, 3.8) is 0 Å². The van der Waals surface area contributed by atoms with Crippen LogP contribution in [0.15, 0.2) is 36.7 Å². The molecule has 0 amide bonds. The van der Waals surface area contributed by atoms with Gasteiger partial charge in [-0.05, 0) is 19.1 Å². The van der Waals surface area contributed by atoms with Crippen molar-refractivity contribution in [2.75, 3.05) is 0 Å². The van der Waals surface area contributed by atoms with Gasteiger partial charge in [0.1, 0.15) is 5.75 Å². The Morgan fingerprint density at radius 2 is 1.66 bits per heavy atom. The molecule has 0 aliphatic carbocycles. The summed E-state index contributed by atoms with van der Waals surface area (Å²) >= 11 is 12.1. The van der Waals surface area contributed by atoms with Gasteiger partial charge in [0.05, 0.1) is 26.8 Å². The largest absolute Gasteiger partial charge is 0.573 e. The van der Waals surface area contributed by atoms with Crippen LogP contribution in [0.2, 0.25) is 10.0 Å². The minimum atomic E-state index is -5.03. The number of rotatable bonds is 3.